The maximum Gasteiger partial charge on any atom is 0.0101 e. The fourth-order valence-electron chi connectivity index (χ4n) is 1.33. The molecule has 0 aliphatic heterocycles. The second-order valence-electron chi connectivity index (χ2n) is 3.22. The summed E-state index contributed by atoms with van der Waals surface area (Å²) in [4.78, 5) is 0. The van der Waals surface area contributed by atoms with Crippen LogP contribution in [0.4, 0.5) is 0 Å². The molecule has 0 saturated carbocycles. The Kier molecular flexibility index (Phi) is 8.27. The van der Waals surface area contributed by atoms with E-state index in [1.807, 2.05) is 7.05 Å². The minimum Gasteiger partial charge on any atom is -0.317 e. The van der Waals surface area contributed by atoms with Gasteiger partial charge in [-0.1, -0.05) is 26.2 Å². The molecule has 0 heterocycles. The lowest BCUT2D eigenvalue weighted by Crippen LogP contribution is -2.24. The van der Waals surface area contributed by atoms with Crippen LogP contribution in [0.2, 0.25) is 0 Å². The standard InChI is InChI=1S/C11H21N/c1-4-6-8-10-11(12-3)9-7-5-2/h2,11-12H,4,6-10H2,1,3H3. The van der Waals surface area contributed by atoms with Crippen LogP contribution in [0.3, 0.4) is 0 Å². The van der Waals surface area contributed by atoms with Crippen LogP contribution in [0, 0.1) is 12.3 Å². The molecular weight excluding hydrogens is 146 g/mol. The van der Waals surface area contributed by atoms with Gasteiger partial charge in [0.05, 0.1) is 0 Å². The van der Waals surface area contributed by atoms with Crippen LogP contribution in [0.15, 0.2) is 0 Å². The molecule has 0 aromatic heterocycles. The SMILES string of the molecule is C#CCCC(CCCCC)NC. The Morgan fingerprint density at radius 3 is 2.58 bits per heavy atom. The number of rotatable bonds is 7. The Labute approximate surface area is 76.9 Å². The predicted octanol–water partition coefficient (Wildman–Crippen LogP) is 2.57. The molecule has 0 rings (SSSR count). The van der Waals surface area contributed by atoms with Crippen molar-refractivity contribution in [3.8, 4) is 12.3 Å². The lowest BCUT2D eigenvalue weighted by atomic mass is 10.0. The van der Waals surface area contributed by atoms with Gasteiger partial charge in [-0.15, -0.1) is 12.3 Å². The van der Waals surface area contributed by atoms with E-state index in [9.17, 15) is 0 Å². The highest BCUT2D eigenvalue weighted by molar-refractivity contribution is 4.85. The zero-order valence-electron chi connectivity index (χ0n) is 8.40. The van der Waals surface area contributed by atoms with E-state index in [2.05, 4.69) is 18.2 Å². The summed E-state index contributed by atoms with van der Waals surface area (Å²) in [6, 6.07) is 0.632. The molecule has 0 bridgehead atoms. The summed E-state index contributed by atoms with van der Waals surface area (Å²) in [6.07, 6.45) is 12.5. The van der Waals surface area contributed by atoms with Gasteiger partial charge in [0.1, 0.15) is 0 Å². The van der Waals surface area contributed by atoms with Gasteiger partial charge in [-0.3, -0.25) is 0 Å². The monoisotopic (exact) mass is 167 g/mol. The van der Waals surface area contributed by atoms with Crippen molar-refractivity contribution >= 4 is 0 Å². The normalized spacial score (nSPS) is 12.4. The summed E-state index contributed by atoms with van der Waals surface area (Å²) in [5.74, 6) is 2.68. The Hall–Kier alpha value is -0.480. The molecule has 1 unspecified atom stereocenters. The minimum atomic E-state index is 0.632. The third kappa shape index (κ3) is 6.24. The maximum atomic E-state index is 5.21. The topological polar surface area (TPSA) is 12.0 Å². The van der Waals surface area contributed by atoms with Crippen molar-refractivity contribution in [3.05, 3.63) is 0 Å². The molecule has 0 spiro atoms. The lowest BCUT2D eigenvalue weighted by molar-refractivity contribution is 0.470. The first-order valence-corrected chi connectivity index (χ1v) is 4.95. The molecule has 0 aromatic carbocycles. The van der Waals surface area contributed by atoms with Crippen molar-refractivity contribution in [2.24, 2.45) is 0 Å². The summed E-state index contributed by atoms with van der Waals surface area (Å²) in [7, 11) is 2.02. The van der Waals surface area contributed by atoms with Crippen LogP contribution in [0.1, 0.15) is 45.4 Å². The van der Waals surface area contributed by atoms with Gasteiger partial charge in [0.25, 0.3) is 0 Å². The van der Waals surface area contributed by atoms with Gasteiger partial charge in [0, 0.05) is 12.5 Å². The van der Waals surface area contributed by atoms with Gasteiger partial charge in [0.15, 0.2) is 0 Å². The van der Waals surface area contributed by atoms with Crippen molar-refractivity contribution in [2.75, 3.05) is 7.05 Å². The van der Waals surface area contributed by atoms with Gasteiger partial charge in [-0.2, -0.15) is 0 Å². The van der Waals surface area contributed by atoms with Crippen LogP contribution < -0.4 is 5.32 Å². The van der Waals surface area contributed by atoms with Crippen LogP contribution >= 0.6 is 0 Å². The largest absolute Gasteiger partial charge is 0.317 e. The van der Waals surface area contributed by atoms with E-state index in [4.69, 9.17) is 6.42 Å². The molecule has 0 saturated heterocycles. The van der Waals surface area contributed by atoms with Gasteiger partial charge >= 0.3 is 0 Å². The van der Waals surface area contributed by atoms with Crippen molar-refractivity contribution in [1.29, 1.82) is 0 Å². The molecule has 1 atom stereocenters. The Morgan fingerprint density at radius 1 is 1.33 bits per heavy atom. The van der Waals surface area contributed by atoms with Gasteiger partial charge in [0.2, 0.25) is 0 Å². The average molecular weight is 167 g/mol. The summed E-state index contributed by atoms with van der Waals surface area (Å²) in [6.45, 7) is 2.23. The van der Waals surface area contributed by atoms with Crippen LogP contribution in [0.25, 0.3) is 0 Å². The molecule has 0 aliphatic carbocycles. The van der Waals surface area contributed by atoms with Crippen LogP contribution in [0.5, 0.6) is 0 Å². The van der Waals surface area contributed by atoms with E-state index in [0.29, 0.717) is 6.04 Å². The highest BCUT2D eigenvalue weighted by Crippen LogP contribution is 2.07. The van der Waals surface area contributed by atoms with Crippen molar-refractivity contribution in [3.63, 3.8) is 0 Å². The average Bonchev–Trinajstić information content (AvgIpc) is 2.11. The smallest absolute Gasteiger partial charge is 0.0101 e. The maximum absolute atomic E-state index is 5.21. The quantitative estimate of drug-likeness (QED) is 0.454. The molecule has 0 amide bonds. The van der Waals surface area contributed by atoms with E-state index in [1.165, 1.54) is 25.7 Å². The molecule has 70 valence electrons. The van der Waals surface area contributed by atoms with Crippen LogP contribution in [-0.2, 0) is 0 Å². The number of terminal acetylenes is 1. The Bertz CT molecular complexity index is 123. The fraction of sp³-hybridized carbons (Fsp3) is 0.818. The summed E-state index contributed by atoms with van der Waals surface area (Å²) in [5, 5.41) is 3.30. The fourth-order valence-corrected chi connectivity index (χ4v) is 1.33. The minimum absolute atomic E-state index is 0.632. The van der Waals surface area contributed by atoms with Crippen molar-refractivity contribution in [2.45, 2.75) is 51.5 Å². The van der Waals surface area contributed by atoms with E-state index >= 15 is 0 Å². The summed E-state index contributed by atoms with van der Waals surface area (Å²) < 4.78 is 0. The zero-order valence-corrected chi connectivity index (χ0v) is 8.40. The van der Waals surface area contributed by atoms with E-state index in [0.717, 1.165) is 12.8 Å². The van der Waals surface area contributed by atoms with E-state index in [-0.39, 0.29) is 0 Å². The molecule has 1 heteroatoms. The molecule has 1 nitrogen and oxygen atoms in total. The first-order chi connectivity index (χ1) is 5.85. The van der Waals surface area contributed by atoms with Crippen LogP contribution in [-0.4, -0.2) is 13.1 Å². The molecule has 0 aliphatic rings. The Balaban J connectivity index is 3.34. The van der Waals surface area contributed by atoms with Gasteiger partial charge in [-0.05, 0) is 19.9 Å². The summed E-state index contributed by atoms with van der Waals surface area (Å²) >= 11 is 0. The molecule has 1 N–H and O–H groups in total. The number of nitrogens with one attached hydrogen (secondary N) is 1. The third-order valence-corrected chi connectivity index (χ3v) is 2.20. The summed E-state index contributed by atoms with van der Waals surface area (Å²) in [5.41, 5.74) is 0. The highest BCUT2D eigenvalue weighted by Gasteiger charge is 2.03. The van der Waals surface area contributed by atoms with E-state index in [1.54, 1.807) is 0 Å². The first-order valence-electron chi connectivity index (χ1n) is 4.95. The lowest BCUT2D eigenvalue weighted by Gasteiger charge is -2.13. The second-order valence-corrected chi connectivity index (χ2v) is 3.22. The van der Waals surface area contributed by atoms with Gasteiger partial charge in [-0.25, -0.2) is 0 Å². The van der Waals surface area contributed by atoms with Crippen molar-refractivity contribution in [1.82, 2.24) is 5.32 Å². The molecule has 0 aromatic rings. The molecular formula is C11H21N. The third-order valence-electron chi connectivity index (χ3n) is 2.20. The predicted molar refractivity (Wildman–Crippen MR) is 55.1 cm³/mol. The number of hydrogen-bond donors (Lipinski definition) is 1. The number of unbranched alkanes of at least 4 members (excludes halogenated alkanes) is 2. The second kappa shape index (κ2) is 8.62. The first kappa shape index (κ1) is 11.5. The highest BCUT2D eigenvalue weighted by atomic mass is 14.9. The molecule has 0 radical (unpaired) electrons. The Morgan fingerprint density at radius 2 is 2.08 bits per heavy atom. The zero-order chi connectivity index (χ0) is 9.23. The van der Waals surface area contributed by atoms with Crippen molar-refractivity contribution < 1.29 is 0 Å². The molecule has 12 heavy (non-hydrogen) atoms. The van der Waals surface area contributed by atoms with Gasteiger partial charge < -0.3 is 5.32 Å². The van der Waals surface area contributed by atoms with E-state index < -0.39 is 0 Å². The number of hydrogen-bond acceptors (Lipinski definition) is 1. The molecule has 0 fully saturated rings.